The highest BCUT2D eigenvalue weighted by Crippen LogP contribution is 2.13. The van der Waals surface area contributed by atoms with Gasteiger partial charge in [0.2, 0.25) is 0 Å². The van der Waals surface area contributed by atoms with Crippen molar-refractivity contribution in [2.45, 2.75) is 66.1 Å². The van der Waals surface area contributed by atoms with E-state index in [2.05, 4.69) is 31.7 Å². The molecule has 2 N–H and O–H groups in total. The van der Waals surface area contributed by atoms with Crippen LogP contribution in [0.4, 0.5) is 0 Å². The van der Waals surface area contributed by atoms with E-state index in [1.807, 2.05) is 0 Å². The molecule has 0 aliphatic rings. The molecule has 0 radical (unpaired) electrons. The molecule has 0 saturated heterocycles. The summed E-state index contributed by atoms with van der Waals surface area (Å²) in [5, 5.41) is 18.9. The van der Waals surface area contributed by atoms with Crippen molar-refractivity contribution in [1.82, 2.24) is 4.90 Å². The summed E-state index contributed by atoms with van der Waals surface area (Å²) in [6.45, 7) is 12.4. The molecule has 0 spiro atoms. The van der Waals surface area contributed by atoms with Gasteiger partial charge < -0.3 is 10.2 Å². The fraction of sp³-hybridized carbons (Fsp3) is 0.875. The van der Waals surface area contributed by atoms with Gasteiger partial charge in [-0.15, -0.1) is 0 Å². The average Bonchev–Trinajstić information content (AvgIpc) is 2.23. The van der Waals surface area contributed by atoms with E-state index in [0.29, 0.717) is 19.0 Å². The summed E-state index contributed by atoms with van der Waals surface area (Å²) >= 11 is 0. The number of hydrogen-bond donors (Lipinski definition) is 2. The molecule has 0 saturated carbocycles. The summed E-state index contributed by atoms with van der Waals surface area (Å²) < 4.78 is 0. The average molecular weight is 271 g/mol. The number of allylic oxidation sites excluding steroid dienone is 2. The quantitative estimate of drug-likeness (QED) is 0.601. The Morgan fingerprint density at radius 3 is 1.95 bits per heavy atom. The summed E-state index contributed by atoms with van der Waals surface area (Å²) in [7, 11) is 0. The maximum Gasteiger partial charge on any atom is 0.0639 e. The number of aliphatic hydroxyl groups excluding tert-OH is 2. The third kappa shape index (κ3) is 12.4. The normalized spacial score (nSPS) is 16.2. The van der Waals surface area contributed by atoms with E-state index in [0.717, 1.165) is 19.4 Å². The Hall–Kier alpha value is -0.380. The van der Waals surface area contributed by atoms with Crippen molar-refractivity contribution in [3.63, 3.8) is 0 Å². The molecular weight excluding hydrogens is 238 g/mol. The van der Waals surface area contributed by atoms with Gasteiger partial charge in [-0.2, -0.15) is 0 Å². The summed E-state index contributed by atoms with van der Waals surface area (Å²) in [6.07, 6.45) is 5.11. The standard InChI is InChI=1S/C16H33NO2/c1-13(2)7-6-8-14(3)9-10-17(11-15(4)18)12-16(5)19/h7,14-16,18-19H,6,8-12H2,1-5H3/t14-,15-,16+/m0/s1. The van der Waals surface area contributed by atoms with Crippen molar-refractivity contribution >= 4 is 0 Å². The molecule has 0 rings (SSSR count). The van der Waals surface area contributed by atoms with E-state index in [1.165, 1.54) is 12.0 Å². The van der Waals surface area contributed by atoms with E-state index in [1.54, 1.807) is 13.8 Å². The Morgan fingerprint density at radius 1 is 1.00 bits per heavy atom. The van der Waals surface area contributed by atoms with Gasteiger partial charge in [0.25, 0.3) is 0 Å². The van der Waals surface area contributed by atoms with Gasteiger partial charge in [-0.3, -0.25) is 4.90 Å². The Labute approximate surface area is 119 Å². The third-order valence-corrected chi connectivity index (χ3v) is 3.20. The monoisotopic (exact) mass is 271 g/mol. The first-order chi connectivity index (χ1) is 8.81. The lowest BCUT2D eigenvalue weighted by Gasteiger charge is -2.26. The molecule has 0 aromatic rings. The third-order valence-electron chi connectivity index (χ3n) is 3.20. The molecule has 0 fully saturated rings. The number of nitrogens with zero attached hydrogens (tertiary/aromatic N) is 1. The molecule has 114 valence electrons. The van der Waals surface area contributed by atoms with Crippen LogP contribution in [0.3, 0.4) is 0 Å². The predicted octanol–water partition coefficient (Wildman–Crippen LogP) is 2.82. The molecule has 0 unspecified atom stereocenters. The van der Waals surface area contributed by atoms with Crippen LogP contribution in [0.25, 0.3) is 0 Å². The highest BCUT2D eigenvalue weighted by molar-refractivity contribution is 4.92. The van der Waals surface area contributed by atoms with Crippen molar-refractivity contribution in [2.24, 2.45) is 5.92 Å². The lowest BCUT2D eigenvalue weighted by Crippen LogP contribution is -2.37. The molecule has 19 heavy (non-hydrogen) atoms. The van der Waals surface area contributed by atoms with Crippen LogP contribution in [0.2, 0.25) is 0 Å². The smallest absolute Gasteiger partial charge is 0.0639 e. The number of aliphatic hydroxyl groups is 2. The second-order valence-corrected chi connectivity index (χ2v) is 6.21. The van der Waals surface area contributed by atoms with Crippen LogP contribution in [0.1, 0.15) is 53.9 Å². The van der Waals surface area contributed by atoms with Gasteiger partial charge >= 0.3 is 0 Å². The largest absolute Gasteiger partial charge is 0.392 e. The van der Waals surface area contributed by atoms with Crippen molar-refractivity contribution in [2.75, 3.05) is 19.6 Å². The Bertz CT molecular complexity index is 235. The van der Waals surface area contributed by atoms with Crippen LogP contribution >= 0.6 is 0 Å². The molecule has 0 aliphatic carbocycles. The van der Waals surface area contributed by atoms with Crippen LogP contribution in [-0.2, 0) is 0 Å². The van der Waals surface area contributed by atoms with Crippen LogP contribution in [0.5, 0.6) is 0 Å². The lowest BCUT2D eigenvalue weighted by molar-refractivity contribution is 0.0802. The first-order valence-corrected chi connectivity index (χ1v) is 7.53. The van der Waals surface area contributed by atoms with E-state index < -0.39 is 0 Å². The van der Waals surface area contributed by atoms with Gasteiger partial charge in [-0.05, 0) is 59.4 Å². The van der Waals surface area contributed by atoms with E-state index in [-0.39, 0.29) is 12.2 Å². The fourth-order valence-electron chi connectivity index (χ4n) is 2.21. The summed E-state index contributed by atoms with van der Waals surface area (Å²) in [4.78, 5) is 2.16. The number of rotatable bonds is 10. The maximum absolute atomic E-state index is 9.47. The molecule has 0 aliphatic heterocycles. The molecule has 3 atom stereocenters. The molecule has 0 aromatic carbocycles. The van der Waals surface area contributed by atoms with E-state index >= 15 is 0 Å². The van der Waals surface area contributed by atoms with Gasteiger partial charge in [0.05, 0.1) is 12.2 Å². The van der Waals surface area contributed by atoms with E-state index in [4.69, 9.17) is 0 Å². The van der Waals surface area contributed by atoms with Gasteiger partial charge in [0, 0.05) is 13.1 Å². The van der Waals surface area contributed by atoms with Crippen LogP contribution in [0.15, 0.2) is 11.6 Å². The molecule has 0 heterocycles. The van der Waals surface area contributed by atoms with Crippen LogP contribution in [-0.4, -0.2) is 47.0 Å². The Balaban J connectivity index is 3.97. The Kier molecular flexibility index (Phi) is 10.2. The lowest BCUT2D eigenvalue weighted by atomic mass is 10.0. The summed E-state index contributed by atoms with van der Waals surface area (Å²) in [5.41, 5.74) is 1.39. The van der Waals surface area contributed by atoms with Crippen molar-refractivity contribution in [3.8, 4) is 0 Å². The second kappa shape index (κ2) is 10.4. The van der Waals surface area contributed by atoms with Crippen molar-refractivity contribution in [1.29, 1.82) is 0 Å². The van der Waals surface area contributed by atoms with E-state index in [9.17, 15) is 10.2 Å². The maximum atomic E-state index is 9.47. The highest BCUT2D eigenvalue weighted by atomic mass is 16.3. The highest BCUT2D eigenvalue weighted by Gasteiger charge is 2.12. The van der Waals surface area contributed by atoms with Gasteiger partial charge in [-0.1, -0.05) is 18.6 Å². The van der Waals surface area contributed by atoms with Gasteiger partial charge in [0.1, 0.15) is 0 Å². The Morgan fingerprint density at radius 2 is 1.53 bits per heavy atom. The predicted molar refractivity (Wildman–Crippen MR) is 82.2 cm³/mol. The minimum Gasteiger partial charge on any atom is -0.392 e. The number of hydrogen-bond acceptors (Lipinski definition) is 3. The molecule has 0 bridgehead atoms. The first-order valence-electron chi connectivity index (χ1n) is 7.53. The minimum absolute atomic E-state index is 0.334. The first kappa shape index (κ1) is 18.6. The van der Waals surface area contributed by atoms with Crippen LogP contribution in [0, 0.1) is 5.92 Å². The zero-order chi connectivity index (χ0) is 14.8. The molecule has 0 amide bonds. The van der Waals surface area contributed by atoms with Gasteiger partial charge in [0.15, 0.2) is 0 Å². The fourth-order valence-corrected chi connectivity index (χ4v) is 2.21. The SMILES string of the molecule is CC(C)=CCC[C@H](C)CCN(C[C@H](C)O)C[C@@H](C)O. The van der Waals surface area contributed by atoms with Crippen LogP contribution < -0.4 is 0 Å². The van der Waals surface area contributed by atoms with Crippen molar-refractivity contribution in [3.05, 3.63) is 11.6 Å². The molecule has 3 nitrogen and oxygen atoms in total. The zero-order valence-corrected chi connectivity index (χ0v) is 13.4. The topological polar surface area (TPSA) is 43.7 Å². The molecule has 3 heteroatoms. The summed E-state index contributed by atoms with van der Waals surface area (Å²) in [5.74, 6) is 0.682. The second-order valence-electron chi connectivity index (χ2n) is 6.21. The molecular formula is C16H33NO2. The summed E-state index contributed by atoms with van der Waals surface area (Å²) in [6, 6.07) is 0. The van der Waals surface area contributed by atoms with Gasteiger partial charge in [-0.25, -0.2) is 0 Å². The van der Waals surface area contributed by atoms with Crippen molar-refractivity contribution < 1.29 is 10.2 Å². The zero-order valence-electron chi connectivity index (χ0n) is 13.4. The minimum atomic E-state index is -0.334. The molecule has 0 aromatic heterocycles.